The molecule has 0 bridgehead atoms. The number of hydrogen-bond donors (Lipinski definition) is 1. The number of nitrogens with zero attached hydrogens (tertiary/aromatic N) is 3. The Bertz CT molecular complexity index is 743. The molecule has 2 aliphatic heterocycles. The second-order valence-electron chi connectivity index (χ2n) is 5.82. The Morgan fingerprint density at radius 1 is 1.35 bits per heavy atom. The highest BCUT2D eigenvalue weighted by atomic mass is 16.6. The van der Waals surface area contributed by atoms with Crippen LogP contribution in [-0.4, -0.2) is 33.4 Å². The molecule has 2 atom stereocenters. The average Bonchev–Trinajstić information content (AvgIpc) is 3.17. The molecule has 0 aliphatic carbocycles. The molecule has 2 aromatic rings. The van der Waals surface area contributed by atoms with Gasteiger partial charge in [0.05, 0.1) is 6.04 Å². The molecule has 2 unspecified atom stereocenters. The van der Waals surface area contributed by atoms with Crippen LogP contribution >= 0.6 is 0 Å². The summed E-state index contributed by atoms with van der Waals surface area (Å²) in [5.74, 6) is 2.84. The fourth-order valence-electron chi connectivity index (χ4n) is 3.01. The van der Waals surface area contributed by atoms with Crippen molar-refractivity contribution in [2.24, 2.45) is 0 Å². The van der Waals surface area contributed by atoms with Gasteiger partial charge in [-0.3, -0.25) is 4.79 Å². The lowest BCUT2D eigenvalue weighted by Crippen LogP contribution is -2.45. The largest absolute Gasteiger partial charge is 0.485 e. The number of benzene rings is 1. The van der Waals surface area contributed by atoms with Gasteiger partial charge in [0.25, 0.3) is 5.91 Å². The van der Waals surface area contributed by atoms with Crippen LogP contribution in [-0.2, 0) is 17.8 Å². The molecular formula is C16H18N4O3. The highest BCUT2D eigenvalue weighted by Gasteiger charge is 2.30. The van der Waals surface area contributed by atoms with Gasteiger partial charge in [0.2, 0.25) is 6.10 Å². The van der Waals surface area contributed by atoms with Crippen LogP contribution in [0.3, 0.4) is 0 Å². The standard InChI is InChI=1S/C16H18N4O3/c1-10(15-19-18-14-7-4-8-20(14)15)17-16(21)13-9-22-11-5-2-3-6-12(11)23-13/h2-3,5-6,10,13H,4,7-9H2,1H3,(H,17,21). The van der Waals surface area contributed by atoms with Crippen LogP contribution in [0, 0.1) is 0 Å². The van der Waals surface area contributed by atoms with Crippen LogP contribution in [0.15, 0.2) is 24.3 Å². The van der Waals surface area contributed by atoms with E-state index in [1.807, 2.05) is 25.1 Å². The molecule has 23 heavy (non-hydrogen) atoms. The highest BCUT2D eigenvalue weighted by molar-refractivity contribution is 5.82. The van der Waals surface area contributed by atoms with E-state index in [1.54, 1.807) is 6.07 Å². The van der Waals surface area contributed by atoms with Gasteiger partial charge in [-0.15, -0.1) is 10.2 Å². The van der Waals surface area contributed by atoms with Crippen molar-refractivity contribution in [3.05, 3.63) is 35.9 Å². The quantitative estimate of drug-likeness (QED) is 0.922. The molecule has 0 fully saturated rings. The first-order valence-electron chi connectivity index (χ1n) is 7.83. The van der Waals surface area contributed by atoms with E-state index in [1.165, 1.54) is 0 Å². The summed E-state index contributed by atoms with van der Waals surface area (Å²) in [6, 6.07) is 7.12. The van der Waals surface area contributed by atoms with Crippen molar-refractivity contribution in [2.75, 3.05) is 6.61 Å². The number of aryl methyl sites for hydroxylation is 1. The van der Waals surface area contributed by atoms with Crippen molar-refractivity contribution in [3.63, 3.8) is 0 Å². The van der Waals surface area contributed by atoms with Crippen LogP contribution in [0.25, 0.3) is 0 Å². The average molecular weight is 314 g/mol. The summed E-state index contributed by atoms with van der Waals surface area (Å²) in [5.41, 5.74) is 0. The highest BCUT2D eigenvalue weighted by Crippen LogP contribution is 2.31. The number of amides is 1. The van der Waals surface area contributed by atoms with Crippen molar-refractivity contribution >= 4 is 5.91 Å². The molecule has 3 heterocycles. The Hall–Kier alpha value is -2.57. The Kier molecular flexibility index (Phi) is 3.40. The third-order valence-corrected chi connectivity index (χ3v) is 4.19. The number of fused-ring (bicyclic) bond motifs is 2. The molecule has 7 heteroatoms. The second-order valence-corrected chi connectivity index (χ2v) is 5.82. The summed E-state index contributed by atoms with van der Waals surface area (Å²) < 4.78 is 13.4. The minimum absolute atomic E-state index is 0.202. The number of para-hydroxylation sites is 2. The molecular weight excluding hydrogens is 296 g/mol. The first kappa shape index (κ1) is 14.0. The zero-order valence-electron chi connectivity index (χ0n) is 12.9. The van der Waals surface area contributed by atoms with E-state index in [0.29, 0.717) is 11.5 Å². The molecule has 2 aliphatic rings. The molecule has 1 N–H and O–H groups in total. The molecule has 1 aromatic heterocycles. The Labute approximate surface area is 133 Å². The zero-order valence-corrected chi connectivity index (χ0v) is 12.9. The maximum atomic E-state index is 12.4. The predicted octanol–water partition coefficient (Wildman–Crippen LogP) is 1.24. The lowest BCUT2D eigenvalue weighted by molar-refractivity contribution is -0.131. The Morgan fingerprint density at radius 2 is 2.17 bits per heavy atom. The van der Waals surface area contributed by atoms with E-state index in [-0.39, 0.29) is 18.6 Å². The van der Waals surface area contributed by atoms with Gasteiger partial charge in [-0.1, -0.05) is 12.1 Å². The summed E-state index contributed by atoms with van der Waals surface area (Å²) in [4.78, 5) is 12.4. The molecule has 0 radical (unpaired) electrons. The minimum Gasteiger partial charge on any atom is -0.485 e. The van der Waals surface area contributed by atoms with Crippen molar-refractivity contribution in [3.8, 4) is 11.5 Å². The number of nitrogens with one attached hydrogen (secondary N) is 1. The smallest absolute Gasteiger partial charge is 0.265 e. The molecule has 120 valence electrons. The number of ether oxygens (including phenoxy) is 2. The molecule has 1 aromatic carbocycles. The van der Waals surface area contributed by atoms with Gasteiger partial charge in [0, 0.05) is 13.0 Å². The van der Waals surface area contributed by atoms with Crippen LogP contribution in [0.4, 0.5) is 0 Å². The molecule has 4 rings (SSSR count). The van der Waals surface area contributed by atoms with Crippen LogP contribution in [0.1, 0.15) is 31.0 Å². The normalized spacial score (nSPS) is 20.0. The predicted molar refractivity (Wildman–Crippen MR) is 81.3 cm³/mol. The third kappa shape index (κ3) is 2.52. The van der Waals surface area contributed by atoms with Gasteiger partial charge in [-0.2, -0.15) is 0 Å². The number of carbonyl (C=O) groups excluding carboxylic acids is 1. The van der Waals surface area contributed by atoms with Gasteiger partial charge in [0.15, 0.2) is 17.3 Å². The van der Waals surface area contributed by atoms with Crippen LogP contribution in [0.2, 0.25) is 0 Å². The second kappa shape index (κ2) is 5.57. The topological polar surface area (TPSA) is 78.3 Å². The number of rotatable bonds is 3. The number of carbonyl (C=O) groups is 1. The van der Waals surface area contributed by atoms with Gasteiger partial charge in [-0.05, 0) is 25.5 Å². The SMILES string of the molecule is CC(NC(=O)C1COc2ccccc2O1)c1nnc2n1CCC2. The zero-order chi connectivity index (χ0) is 15.8. The van der Waals surface area contributed by atoms with Crippen molar-refractivity contribution < 1.29 is 14.3 Å². The van der Waals surface area contributed by atoms with Gasteiger partial charge < -0.3 is 19.4 Å². The molecule has 1 amide bonds. The van der Waals surface area contributed by atoms with Crippen LogP contribution in [0.5, 0.6) is 11.5 Å². The van der Waals surface area contributed by atoms with Gasteiger partial charge in [-0.25, -0.2) is 0 Å². The summed E-state index contributed by atoms with van der Waals surface area (Å²) in [6.45, 7) is 3.02. The summed E-state index contributed by atoms with van der Waals surface area (Å²) in [5, 5.41) is 11.3. The molecule has 7 nitrogen and oxygen atoms in total. The monoisotopic (exact) mass is 314 g/mol. The van der Waals surface area contributed by atoms with E-state index >= 15 is 0 Å². The third-order valence-electron chi connectivity index (χ3n) is 4.19. The molecule has 0 saturated carbocycles. The van der Waals surface area contributed by atoms with Crippen LogP contribution < -0.4 is 14.8 Å². The van der Waals surface area contributed by atoms with Crippen molar-refractivity contribution in [1.82, 2.24) is 20.1 Å². The number of hydrogen-bond acceptors (Lipinski definition) is 5. The molecule has 0 spiro atoms. The summed E-state index contributed by atoms with van der Waals surface area (Å²) in [6.07, 6.45) is 1.37. The van der Waals surface area contributed by atoms with E-state index in [0.717, 1.165) is 31.0 Å². The molecule has 0 saturated heterocycles. The number of aromatic nitrogens is 3. The van der Waals surface area contributed by atoms with E-state index in [9.17, 15) is 4.79 Å². The first-order valence-corrected chi connectivity index (χ1v) is 7.83. The lowest BCUT2D eigenvalue weighted by atomic mass is 10.2. The lowest BCUT2D eigenvalue weighted by Gasteiger charge is -2.26. The van der Waals surface area contributed by atoms with E-state index in [2.05, 4.69) is 20.1 Å². The minimum atomic E-state index is -0.659. The fourth-order valence-corrected chi connectivity index (χ4v) is 3.01. The fraction of sp³-hybridized carbons (Fsp3) is 0.438. The van der Waals surface area contributed by atoms with E-state index in [4.69, 9.17) is 9.47 Å². The summed E-state index contributed by atoms with van der Waals surface area (Å²) >= 11 is 0. The van der Waals surface area contributed by atoms with Crippen molar-refractivity contribution in [1.29, 1.82) is 0 Å². The maximum Gasteiger partial charge on any atom is 0.265 e. The Balaban J connectivity index is 1.44. The van der Waals surface area contributed by atoms with Gasteiger partial charge in [0.1, 0.15) is 12.4 Å². The summed E-state index contributed by atoms with van der Waals surface area (Å²) in [7, 11) is 0. The maximum absolute atomic E-state index is 12.4. The Morgan fingerprint density at radius 3 is 3.04 bits per heavy atom. The first-order chi connectivity index (χ1) is 11.2. The van der Waals surface area contributed by atoms with E-state index < -0.39 is 6.10 Å². The van der Waals surface area contributed by atoms with Crippen molar-refractivity contribution in [2.45, 2.75) is 38.5 Å². The van der Waals surface area contributed by atoms with Gasteiger partial charge >= 0.3 is 0 Å².